The lowest BCUT2D eigenvalue weighted by Gasteiger charge is -2.24. The predicted octanol–water partition coefficient (Wildman–Crippen LogP) is 0.998. The molecule has 2 fully saturated rings. The lowest BCUT2D eigenvalue weighted by Crippen LogP contribution is -2.41. The number of ether oxygens (including phenoxy) is 1. The van der Waals surface area contributed by atoms with Crippen molar-refractivity contribution < 1.29 is 9.26 Å². The molecule has 1 aromatic rings. The molecule has 2 aliphatic rings. The first-order valence-corrected chi connectivity index (χ1v) is 8.03. The molecule has 0 aromatic carbocycles. The summed E-state index contributed by atoms with van der Waals surface area (Å²) in [6.45, 7) is 6.61. The number of aliphatic imine (C=N–C) groups is 1. The average molecular weight is 307 g/mol. The Labute approximate surface area is 131 Å². The molecule has 0 amide bonds. The highest BCUT2D eigenvalue weighted by Gasteiger charge is 2.42. The van der Waals surface area contributed by atoms with Gasteiger partial charge in [-0.05, 0) is 26.2 Å². The maximum Gasteiger partial charge on any atom is 0.226 e. The highest BCUT2D eigenvalue weighted by molar-refractivity contribution is 5.80. The summed E-state index contributed by atoms with van der Waals surface area (Å²) in [6.07, 6.45) is 4.12. The van der Waals surface area contributed by atoms with Gasteiger partial charge in [-0.15, -0.1) is 0 Å². The fourth-order valence-corrected chi connectivity index (χ4v) is 3.30. The number of hydrogen-bond donors (Lipinski definition) is 1. The largest absolute Gasteiger partial charge is 0.381 e. The first-order valence-electron chi connectivity index (χ1n) is 8.03. The van der Waals surface area contributed by atoms with Crippen LogP contribution in [0.2, 0.25) is 0 Å². The highest BCUT2D eigenvalue weighted by atomic mass is 16.5. The average Bonchev–Trinajstić information content (AvgIpc) is 3.23. The third-order valence-electron chi connectivity index (χ3n) is 4.55. The Kier molecular flexibility index (Phi) is 4.61. The van der Waals surface area contributed by atoms with E-state index in [-0.39, 0.29) is 0 Å². The molecule has 0 aliphatic carbocycles. The summed E-state index contributed by atoms with van der Waals surface area (Å²) >= 11 is 0. The Morgan fingerprint density at radius 2 is 2.36 bits per heavy atom. The first kappa shape index (κ1) is 15.3. The summed E-state index contributed by atoms with van der Waals surface area (Å²) in [7, 11) is 1.85. The van der Waals surface area contributed by atoms with Crippen molar-refractivity contribution in [1.29, 1.82) is 0 Å². The van der Waals surface area contributed by atoms with E-state index in [9.17, 15) is 0 Å². The Balaban J connectivity index is 1.42. The van der Waals surface area contributed by atoms with Gasteiger partial charge in [0.1, 0.15) is 0 Å². The van der Waals surface area contributed by atoms with E-state index in [1.807, 2.05) is 14.0 Å². The monoisotopic (exact) mass is 307 g/mol. The minimum atomic E-state index is 0.360. The molecule has 2 aliphatic heterocycles. The van der Waals surface area contributed by atoms with E-state index < -0.39 is 0 Å². The summed E-state index contributed by atoms with van der Waals surface area (Å²) in [6, 6.07) is 0. The third-order valence-corrected chi connectivity index (χ3v) is 4.55. The van der Waals surface area contributed by atoms with Gasteiger partial charge >= 0.3 is 0 Å². The van der Waals surface area contributed by atoms with Crippen LogP contribution in [0.25, 0.3) is 0 Å². The molecule has 1 atom stereocenters. The molecule has 22 heavy (non-hydrogen) atoms. The van der Waals surface area contributed by atoms with Crippen LogP contribution in [-0.4, -0.2) is 60.9 Å². The Hall–Kier alpha value is -1.63. The summed E-state index contributed by atoms with van der Waals surface area (Å²) in [4.78, 5) is 11.0. The number of nitrogens with one attached hydrogen (secondary N) is 1. The number of nitrogens with zero attached hydrogens (tertiary/aromatic N) is 4. The highest BCUT2D eigenvalue weighted by Crippen LogP contribution is 2.38. The zero-order chi connectivity index (χ0) is 15.4. The maximum atomic E-state index is 5.58. The number of aromatic nitrogens is 2. The quantitative estimate of drug-likeness (QED) is 0.508. The van der Waals surface area contributed by atoms with Crippen molar-refractivity contribution >= 4 is 5.96 Å². The smallest absolute Gasteiger partial charge is 0.226 e. The van der Waals surface area contributed by atoms with Gasteiger partial charge in [-0.1, -0.05) is 5.16 Å². The van der Waals surface area contributed by atoms with E-state index in [2.05, 4.69) is 25.3 Å². The van der Waals surface area contributed by atoms with E-state index in [0.717, 1.165) is 51.6 Å². The molecule has 1 aromatic heterocycles. The van der Waals surface area contributed by atoms with Crippen LogP contribution in [0.1, 0.15) is 31.0 Å². The van der Waals surface area contributed by atoms with Gasteiger partial charge in [-0.25, -0.2) is 0 Å². The molecule has 1 spiro atoms. The van der Waals surface area contributed by atoms with Gasteiger partial charge in [0.05, 0.1) is 6.61 Å². The van der Waals surface area contributed by atoms with Gasteiger partial charge in [-0.3, -0.25) is 4.99 Å². The second-order valence-corrected chi connectivity index (χ2v) is 6.29. The second-order valence-electron chi connectivity index (χ2n) is 6.29. The van der Waals surface area contributed by atoms with E-state index in [4.69, 9.17) is 9.26 Å². The number of hydrogen-bond acceptors (Lipinski definition) is 5. The lowest BCUT2D eigenvalue weighted by molar-refractivity contribution is 0.156. The van der Waals surface area contributed by atoms with Crippen LogP contribution in [0.5, 0.6) is 0 Å². The summed E-state index contributed by atoms with van der Waals surface area (Å²) in [5.41, 5.74) is 0.360. The van der Waals surface area contributed by atoms with E-state index in [1.54, 1.807) is 0 Å². The Morgan fingerprint density at radius 1 is 1.45 bits per heavy atom. The minimum absolute atomic E-state index is 0.360. The fraction of sp³-hybridized carbons (Fsp3) is 0.800. The van der Waals surface area contributed by atoms with E-state index in [1.165, 1.54) is 12.8 Å². The van der Waals surface area contributed by atoms with E-state index >= 15 is 0 Å². The summed E-state index contributed by atoms with van der Waals surface area (Å²) in [5.74, 6) is 2.39. The van der Waals surface area contributed by atoms with E-state index in [0.29, 0.717) is 17.1 Å². The molecule has 122 valence electrons. The SMILES string of the molecule is CN=C(NCCCc1nc(C)no1)N1CCC2(CCOC2)C1. The summed E-state index contributed by atoms with van der Waals surface area (Å²) < 4.78 is 10.7. The molecule has 7 nitrogen and oxygen atoms in total. The standard InChI is InChI=1S/C15H25N5O2/c1-12-18-13(22-19-12)4-3-7-17-14(16-2)20-8-5-15(10-20)6-9-21-11-15/h3-11H2,1-2H3,(H,16,17). The normalized spacial score (nSPS) is 25.4. The molecule has 1 unspecified atom stereocenters. The van der Waals surface area contributed by atoms with Crippen molar-refractivity contribution in [3.05, 3.63) is 11.7 Å². The molecule has 2 saturated heterocycles. The number of guanidine groups is 1. The molecule has 0 radical (unpaired) electrons. The molecule has 0 bridgehead atoms. The van der Waals surface area contributed by atoms with Crippen molar-refractivity contribution in [2.45, 2.75) is 32.6 Å². The first-order chi connectivity index (χ1) is 10.7. The van der Waals surface area contributed by atoms with Gasteiger partial charge in [-0.2, -0.15) is 4.98 Å². The fourth-order valence-electron chi connectivity index (χ4n) is 3.30. The van der Waals surface area contributed by atoms with Crippen molar-refractivity contribution in [3.63, 3.8) is 0 Å². The Bertz CT molecular complexity index is 522. The van der Waals surface area contributed by atoms with Crippen LogP contribution < -0.4 is 5.32 Å². The predicted molar refractivity (Wildman–Crippen MR) is 82.8 cm³/mol. The minimum Gasteiger partial charge on any atom is -0.381 e. The zero-order valence-corrected chi connectivity index (χ0v) is 13.5. The molecule has 1 N–H and O–H groups in total. The maximum absolute atomic E-state index is 5.58. The van der Waals surface area contributed by atoms with Crippen LogP contribution in [0.15, 0.2) is 9.52 Å². The molecular formula is C15H25N5O2. The molecule has 3 rings (SSSR count). The van der Waals surface area contributed by atoms with Crippen LogP contribution in [0.3, 0.4) is 0 Å². The molecule has 0 saturated carbocycles. The van der Waals surface area contributed by atoms with Gasteiger partial charge in [0, 0.05) is 45.1 Å². The Morgan fingerprint density at radius 3 is 3.05 bits per heavy atom. The van der Waals surface area contributed by atoms with Crippen LogP contribution in [-0.2, 0) is 11.2 Å². The van der Waals surface area contributed by atoms with Gasteiger partial charge in [0.25, 0.3) is 0 Å². The van der Waals surface area contributed by atoms with Crippen LogP contribution >= 0.6 is 0 Å². The van der Waals surface area contributed by atoms with Crippen LogP contribution in [0.4, 0.5) is 0 Å². The number of rotatable bonds is 4. The topological polar surface area (TPSA) is 75.8 Å². The molecule has 3 heterocycles. The van der Waals surface area contributed by atoms with Crippen molar-refractivity contribution in [2.24, 2.45) is 10.4 Å². The summed E-state index contributed by atoms with van der Waals surface area (Å²) in [5, 5.41) is 7.24. The number of likely N-dealkylation sites (tertiary alicyclic amines) is 1. The van der Waals surface area contributed by atoms with Crippen LogP contribution in [0, 0.1) is 12.3 Å². The van der Waals surface area contributed by atoms with Gasteiger partial charge in [0.15, 0.2) is 11.8 Å². The zero-order valence-electron chi connectivity index (χ0n) is 13.5. The van der Waals surface area contributed by atoms with Crippen molar-refractivity contribution in [2.75, 3.05) is 39.9 Å². The van der Waals surface area contributed by atoms with Gasteiger partial charge < -0.3 is 19.5 Å². The van der Waals surface area contributed by atoms with Crippen molar-refractivity contribution in [1.82, 2.24) is 20.4 Å². The van der Waals surface area contributed by atoms with Gasteiger partial charge in [0.2, 0.25) is 5.89 Å². The van der Waals surface area contributed by atoms with Crippen molar-refractivity contribution in [3.8, 4) is 0 Å². The molecule has 7 heteroatoms. The molecular weight excluding hydrogens is 282 g/mol. The third kappa shape index (κ3) is 3.40. The second kappa shape index (κ2) is 6.64. The number of aryl methyl sites for hydroxylation is 2. The lowest BCUT2D eigenvalue weighted by atomic mass is 9.87.